The third-order valence-electron chi connectivity index (χ3n) is 5.74. The Bertz CT molecular complexity index is 1060. The molecule has 2 heterocycles. The minimum atomic E-state index is -0.215. The fourth-order valence-electron chi connectivity index (χ4n) is 4.00. The molecule has 0 radical (unpaired) electrons. The summed E-state index contributed by atoms with van der Waals surface area (Å²) in [7, 11) is 0. The molecule has 1 aromatic heterocycles. The Morgan fingerprint density at radius 3 is 2.81 bits per heavy atom. The highest BCUT2D eigenvalue weighted by molar-refractivity contribution is 6.00. The lowest BCUT2D eigenvalue weighted by Gasteiger charge is -2.15. The summed E-state index contributed by atoms with van der Waals surface area (Å²) in [6.07, 6.45) is 5.81. The number of aromatic amines is 1. The molecule has 4 rings (SSSR count). The summed E-state index contributed by atoms with van der Waals surface area (Å²) in [6.45, 7) is 9.54. The lowest BCUT2D eigenvalue weighted by molar-refractivity contribution is -0.111. The van der Waals surface area contributed by atoms with Crippen LogP contribution in [0.5, 0.6) is 5.75 Å². The van der Waals surface area contributed by atoms with E-state index in [9.17, 15) is 4.79 Å². The van der Waals surface area contributed by atoms with Gasteiger partial charge in [-0.25, -0.2) is 0 Å². The fraction of sp³-hybridized carbons (Fsp3) is 0.269. The maximum Gasteiger partial charge on any atom is 0.247 e. The first kappa shape index (κ1) is 20.9. The second-order valence-corrected chi connectivity index (χ2v) is 7.91. The van der Waals surface area contributed by atoms with Crippen LogP contribution in [0.15, 0.2) is 67.4 Å². The fourth-order valence-corrected chi connectivity index (χ4v) is 4.00. The molecule has 1 amide bonds. The van der Waals surface area contributed by atoms with Crippen molar-refractivity contribution in [1.29, 1.82) is 0 Å². The van der Waals surface area contributed by atoms with Gasteiger partial charge in [0.05, 0.1) is 5.69 Å². The summed E-state index contributed by atoms with van der Waals surface area (Å²) in [5, 5.41) is 2.89. The highest BCUT2D eigenvalue weighted by atomic mass is 16.5. The largest absolute Gasteiger partial charge is 0.492 e. The predicted octanol–water partition coefficient (Wildman–Crippen LogP) is 5.26. The first-order valence-corrected chi connectivity index (χ1v) is 10.8. The molecular weight excluding hydrogens is 386 g/mol. The number of benzene rings is 2. The number of H-pyrrole nitrogens is 1. The van der Waals surface area contributed by atoms with Crippen LogP contribution in [0, 0.1) is 6.92 Å². The lowest BCUT2D eigenvalue weighted by Crippen LogP contribution is -2.25. The predicted molar refractivity (Wildman–Crippen MR) is 126 cm³/mol. The second kappa shape index (κ2) is 9.67. The van der Waals surface area contributed by atoms with Crippen molar-refractivity contribution in [2.24, 2.45) is 0 Å². The first-order valence-electron chi connectivity index (χ1n) is 10.8. The van der Waals surface area contributed by atoms with Crippen molar-refractivity contribution in [1.82, 2.24) is 9.88 Å². The number of rotatable bonds is 8. The molecule has 5 nitrogen and oxygen atoms in total. The smallest absolute Gasteiger partial charge is 0.247 e. The van der Waals surface area contributed by atoms with E-state index in [4.69, 9.17) is 4.74 Å². The van der Waals surface area contributed by atoms with Crippen molar-refractivity contribution < 1.29 is 9.53 Å². The van der Waals surface area contributed by atoms with Crippen LogP contribution in [-0.4, -0.2) is 42.0 Å². The molecule has 2 aromatic carbocycles. The van der Waals surface area contributed by atoms with Gasteiger partial charge in [0.25, 0.3) is 0 Å². The summed E-state index contributed by atoms with van der Waals surface area (Å²) >= 11 is 0. The van der Waals surface area contributed by atoms with Gasteiger partial charge in [-0.15, -0.1) is 0 Å². The van der Waals surface area contributed by atoms with Gasteiger partial charge in [-0.2, -0.15) is 0 Å². The topological polar surface area (TPSA) is 57.4 Å². The SMILES string of the molecule is C=CC(=O)Nc1cc(-c2cc[nH]c2-c2cccc(OCCN3CCCC3)c2)ccc1C. The zero-order valence-electron chi connectivity index (χ0n) is 18.0. The van der Waals surface area contributed by atoms with E-state index in [1.165, 1.54) is 32.0 Å². The minimum absolute atomic E-state index is 0.215. The number of carbonyl (C=O) groups excluding carboxylic acids is 1. The molecule has 160 valence electrons. The molecule has 31 heavy (non-hydrogen) atoms. The number of hydrogen-bond acceptors (Lipinski definition) is 3. The molecule has 0 aliphatic carbocycles. The van der Waals surface area contributed by atoms with Gasteiger partial charge in [0, 0.05) is 29.6 Å². The molecule has 0 bridgehead atoms. The van der Waals surface area contributed by atoms with Gasteiger partial charge < -0.3 is 15.0 Å². The number of carbonyl (C=O) groups is 1. The Hall–Kier alpha value is -3.31. The van der Waals surface area contributed by atoms with Crippen LogP contribution in [0.25, 0.3) is 22.4 Å². The van der Waals surface area contributed by atoms with Crippen molar-refractivity contribution in [3.05, 3.63) is 72.9 Å². The maximum absolute atomic E-state index is 11.8. The molecule has 1 saturated heterocycles. The van der Waals surface area contributed by atoms with Gasteiger partial charge in [-0.05, 0) is 74.3 Å². The van der Waals surface area contributed by atoms with Crippen LogP contribution >= 0.6 is 0 Å². The quantitative estimate of drug-likeness (QED) is 0.494. The van der Waals surface area contributed by atoms with Gasteiger partial charge in [0.15, 0.2) is 0 Å². The molecule has 0 atom stereocenters. The van der Waals surface area contributed by atoms with Crippen LogP contribution in [0.4, 0.5) is 5.69 Å². The van der Waals surface area contributed by atoms with Crippen molar-refractivity contribution >= 4 is 11.6 Å². The van der Waals surface area contributed by atoms with Crippen molar-refractivity contribution in [2.75, 3.05) is 31.6 Å². The summed E-state index contributed by atoms with van der Waals surface area (Å²) < 4.78 is 6.03. The molecule has 1 aliphatic rings. The number of nitrogens with one attached hydrogen (secondary N) is 2. The van der Waals surface area contributed by atoms with E-state index in [1.54, 1.807) is 0 Å². The van der Waals surface area contributed by atoms with Crippen LogP contribution in [0.3, 0.4) is 0 Å². The molecule has 0 saturated carbocycles. The van der Waals surface area contributed by atoms with Crippen LogP contribution in [0.1, 0.15) is 18.4 Å². The van der Waals surface area contributed by atoms with E-state index in [0.29, 0.717) is 6.61 Å². The minimum Gasteiger partial charge on any atom is -0.492 e. The normalized spacial score (nSPS) is 13.8. The second-order valence-electron chi connectivity index (χ2n) is 7.91. The highest BCUT2D eigenvalue weighted by Gasteiger charge is 2.13. The molecule has 0 unspecified atom stereocenters. The van der Waals surface area contributed by atoms with E-state index in [2.05, 4.69) is 46.0 Å². The molecule has 3 aromatic rings. The van der Waals surface area contributed by atoms with Gasteiger partial charge in [-0.3, -0.25) is 9.69 Å². The Morgan fingerprint density at radius 2 is 2.00 bits per heavy atom. The molecule has 1 aliphatic heterocycles. The summed E-state index contributed by atoms with van der Waals surface area (Å²) in [6, 6.07) is 16.3. The summed E-state index contributed by atoms with van der Waals surface area (Å²) in [4.78, 5) is 17.6. The Kier molecular flexibility index (Phi) is 6.53. The van der Waals surface area contributed by atoms with E-state index >= 15 is 0 Å². The van der Waals surface area contributed by atoms with Crippen molar-refractivity contribution in [3.8, 4) is 28.1 Å². The van der Waals surface area contributed by atoms with Crippen LogP contribution in [-0.2, 0) is 4.79 Å². The first-order chi connectivity index (χ1) is 15.1. The molecule has 2 N–H and O–H groups in total. The highest BCUT2D eigenvalue weighted by Crippen LogP contribution is 2.34. The summed E-state index contributed by atoms with van der Waals surface area (Å²) in [5.74, 6) is 0.661. The third-order valence-corrected chi connectivity index (χ3v) is 5.74. The van der Waals surface area contributed by atoms with Crippen molar-refractivity contribution in [3.63, 3.8) is 0 Å². The van der Waals surface area contributed by atoms with Gasteiger partial charge in [0.1, 0.15) is 12.4 Å². The molecular formula is C26H29N3O2. The zero-order chi connectivity index (χ0) is 21.6. The number of nitrogens with zero attached hydrogens (tertiary/aromatic N) is 1. The van der Waals surface area contributed by atoms with Gasteiger partial charge in [0.2, 0.25) is 5.91 Å². The van der Waals surface area contributed by atoms with Gasteiger partial charge >= 0.3 is 0 Å². The summed E-state index contributed by atoms with van der Waals surface area (Å²) in [5.41, 5.74) is 5.98. The maximum atomic E-state index is 11.8. The standard InChI is InChI=1S/C26H29N3O2/c1-3-25(30)28-24-18-20(10-9-19(24)2)23-11-12-27-26(23)21-7-6-8-22(17-21)31-16-15-29-13-4-5-14-29/h3,6-12,17-18,27H,1,4-5,13-16H2,2H3,(H,28,30). The van der Waals surface area contributed by atoms with E-state index < -0.39 is 0 Å². The number of likely N-dealkylation sites (tertiary alicyclic amines) is 1. The zero-order valence-corrected chi connectivity index (χ0v) is 18.0. The van der Waals surface area contributed by atoms with Gasteiger partial charge in [-0.1, -0.05) is 30.8 Å². The third kappa shape index (κ3) is 5.06. The Labute approximate surface area is 183 Å². The number of amides is 1. The number of aryl methyl sites for hydroxylation is 1. The number of aromatic nitrogens is 1. The number of anilines is 1. The molecule has 0 spiro atoms. The molecule has 5 heteroatoms. The van der Waals surface area contributed by atoms with E-state index in [-0.39, 0.29) is 5.91 Å². The average molecular weight is 416 g/mol. The Morgan fingerprint density at radius 1 is 1.16 bits per heavy atom. The Balaban J connectivity index is 1.53. The van der Waals surface area contributed by atoms with Crippen LogP contribution in [0.2, 0.25) is 0 Å². The van der Waals surface area contributed by atoms with Crippen molar-refractivity contribution in [2.45, 2.75) is 19.8 Å². The lowest BCUT2D eigenvalue weighted by atomic mass is 9.99. The molecule has 1 fully saturated rings. The number of hydrogen-bond donors (Lipinski definition) is 2. The van der Waals surface area contributed by atoms with Crippen LogP contribution < -0.4 is 10.1 Å². The monoisotopic (exact) mass is 415 g/mol. The van der Waals surface area contributed by atoms with E-state index in [0.717, 1.165) is 45.9 Å². The average Bonchev–Trinajstić information content (AvgIpc) is 3.48. The van der Waals surface area contributed by atoms with E-state index in [1.807, 2.05) is 37.4 Å². The number of ether oxygens (including phenoxy) is 1.